The van der Waals surface area contributed by atoms with Gasteiger partial charge in [0, 0.05) is 16.8 Å². The molecule has 1 heterocycles. The van der Waals surface area contributed by atoms with Crippen molar-refractivity contribution >= 4 is 0 Å². The van der Waals surface area contributed by atoms with Gasteiger partial charge in [-0.15, -0.1) is 0 Å². The quantitative estimate of drug-likeness (QED) is 0.831. The van der Waals surface area contributed by atoms with Crippen LogP contribution in [0.3, 0.4) is 0 Å². The predicted molar refractivity (Wildman–Crippen MR) is 70.1 cm³/mol. The highest BCUT2D eigenvalue weighted by Gasteiger charge is 2.23. The van der Waals surface area contributed by atoms with Crippen molar-refractivity contribution in [3.63, 3.8) is 0 Å². The van der Waals surface area contributed by atoms with Crippen LogP contribution in [0, 0.1) is 0 Å². The third-order valence-corrected chi connectivity index (χ3v) is 3.92. The Morgan fingerprint density at radius 1 is 1.29 bits per heavy atom. The molecule has 0 aliphatic heterocycles. The second-order valence-electron chi connectivity index (χ2n) is 4.93. The van der Waals surface area contributed by atoms with Gasteiger partial charge in [-0.2, -0.15) is 5.10 Å². The van der Waals surface area contributed by atoms with E-state index in [0.29, 0.717) is 5.92 Å². The standard InChI is InChI=1S/C15H18N2/c1-3-10(2)14-13-9-8-11-6-4-5-7-12(11)15(13)17-16-14/h4-7,10H,3,8-9H2,1-2H3,(H,16,17)/t10-/m0/s1. The summed E-state index contributed by atoms with van der Waals surface area (Å²) >= 11 is 0. The third-order valence-electron chi connectivity index (χ3n) is 3.92. The molecule has 0 bridgehead atoms. The second kappa shape index (κ2) is 4.02. The van der Waals surface area contributed by atoms with Crippen molar-refractivity contribution in [3.8, 4) is 11.3 Å². The number of hydrogen-bond donors (Lipinski definition) is 1. The number of nitrogens with zero attached hydrogens (tertiary/aromatic N) is 1. The summed E-state index contributed by atoms with van der Waals surface area (Å²) in [6.07, 6.45) is 3.44. The zero-order chi connectivity index (χ0) is 11.8. The van der Waals surface area contributed by atoms with E-state index < -0.39 is 0 Å². The molecule has 1 atom stereocenters. The third kappa shape index (κ3) is 1.59. The Kier molecular flexibility index (Phi) is 2.50. The molecule has 0 spiro atoms. The molecule has 1 aliphatic carbocycles. The number of rotatable bonds is 2. The first kappa shape index (κ1) is 10.6. The molecule has 1 aromatic carbocycles. The lowest BCUT2D eigenvalue weighted by Gasteiger charge is -2.17. The lowest BCUT2D eigenvalue weighted by atomic mass is 9.86. The minimum absolute atomic E-state index is 0.580. The van der Waals surface area contributed by atoms with Crippen molar-refractivity contribution in [2.24, 2.45) is 0 Å². The van der Waals surface area contributed by atoms with Gasteiger partial charge >= 0.3 is 0 Å². The lowest BCUT2D eigenvalue weighted by Crippen LogP contribution is -2.05. The molecule has 3 rings (SSSR count). The Hall–Kier alpha value is -1.57. The lowest BCUT2D eigenvalue weighted by molar-refractivity contribution is 0.693. The van der Waals surface area contributed by atoms with Crippen molar-refractivity contribution < 1.29 is 0 Å². The number of H-pyrrole nitrogens is 1. The molecular weight excluding hydrogens is 208 g/mol. The Labute approximate surface area is 102 Å². The average molecular weight is 226 g/mol. The number of hydrogen-bond acceptors (Lipinski definition) is 1. The van der Waals surface area contributed by atoms with Crippen LogP contribution in [0.1, 0.15) is 43.0 Å². The minimum atomic E-state index is 0.580. The van der Waals surface area contributed by atoms with Gasteiger partial charge in [0.1, 0.15) is 0 Å². The van der Waals surface area contributed by atoms with Crippen LogP contribution in [0.15, 0.2) is 24.3 Å². The topological polar surface area (TPSA) is 28.7 Å². The summed E-state index contributed by atoms with van der Waals surface area (Å²) in [5.41, 5.74) is 6.72. The maximum atomic E-state index is 4.54. The monoisotopic (exact) mass is 226 g/mol. The van der Waals surface area contributed by atoms with Crippen LogP contribution < -0.4 is 0 Å². The Bertz CT molecular complexity index is 540. The molecule has 1 N–H and O–H groups in total. The van der Waals surface area contributed by atoms with Gasteiger partial charge in [-0.05, 0) is 30.7 Å². The molecule has 2 aromatic rings. The predicted octanol–water partition coefficient (Wildman–Crippen LogP) is 3.69. The number of benzene rings is 1. The van der Waals surface area contributed by atoms with E-state index in [1.807, 2.05) is 0 Å². The summed E-state index contributed by atoms with van der Waals surface area (Å²) in [6, 6.07) is 8.63. The van der Waals surface area contributed by atoms with Crippen LogP contribution in [0.4, 0.5) is 0 Å². The van der Waals surface area contributed by atoms with E-state index >= 15 is 0 Å². The zero-order valence-electron chi connectivity index (χ0n) is 10.5. The van der Waals surface area contributed by atoms with Crippen LogP contribution >= 0.6 is 0 Å². The van der Waals surface area contributed by atoms with Gasteiger partial charge in [-0.25, -0.2) is 0 Å². The molecule has 0 fully saturated rings. The molecule has 1 aliphatic rings. The molecular formula is C15H18N2. The molecule has 0 radical (unpaired) electrons. The summed E-state index contributed by atoms with van der Waals surface area (Å²) in [7, 11) is 0. The number of aryl methyl sites for hydroxylation is 1. The highest BCUT2D eigenvalue weighted by atomic mass is 15.1. The van der Waals surface area contributed by atoms with Crippen LogP contribution in [0.2, 0.25) is 0 Å². The van der Waals surface area contributed by atoms with E-state index in [0.717, 1.165) is 19.3 Å². The number of nitrogens with one attached hydrogen (secondary N) is 1. The van der Waals surface area contributed by atoms with Gasteiger partial charge in [0.2, 0.25) is 0 Å². The van der Waals surface area contributed by atoms with Crippen LogP contribution in [0.25, 0.3) is 11.3 Å². The fraction of sp³-hybridized carbons (Fsp3) is 0.400. The summed E-state index contributed by atoms with van der Waals surface area (Å²) < 4.78 is 0. The maximum Gasteiger partial charge on any atom is 0.0958 e. The molecule has 88 valence electrons. The van der Waals surface area contributed by atoms with Crippen molar-refractivity contribution in [1.82, 2.24) is 10.2 Å². The molecule has 2 nitrogen and oxygen atoms in total. The van der Waals surface area contributed by atoms with Crippen molar-refractivity contribution in [3.05, 3.63) is 41.1 Å². The Morgan fingerprint density at radius 3 is 2.94 bits per heavy atom. The fourth-order valence-electron chi connectivity index (χ4n) is 2.70. The van der Waals surface area contributed by atoms with E-state index in [4.69, 9.17) is 0 Å². The largest absolute Gasteiger partial charge is 0.281 e. The number of aromatic amines is 1. The SMILES string of the molecule is CC[C@H](C)c1[nH]nc2c1CCc1ccccc1-2. The molecule has 2 heteroatoms. The molecule has 0 unspecified atom stereocenters. The van der Waals surface area contributed by atoms with Gasteiger partial charge in [0.25, 0.3) is 0 Å². The first-order chi connectivity index (χ1) is 8.31. The van der Waals surface area contributed by atoms with Gasteiger partial charge in [-0.3, -0.25) is 5.10 Å². The van der Waals surface area contributed by atoms with Gasteiger partial charge in [0.05, 0.1) is 5.69 Å². The van der Waals surface area contributed by atoms with E-state index in [1.165, 1.54) is 28.1 Å². The van der Waals surface area contributed by atoms with Gasteiger partial charge in [0.15, 0.2) is 0 Å². The van der Waals surface area contributed by atoms with Crippen LogP contribution in [-0.4, -0.2) is 10.2 Å². The van der Waals surface area contributed by atoms with E-state index in [2.05, 4.69) is 48.3 Å². The van der Waals surface area contributed by atoms with Crippen LogP contribution in [0.5, 0.6) is 0 Å². The van der Waals surface area contributed by atoms with Gasteiger partial charge in [-0.1, -0.05) is 38.1 Å². The molecule has 0 saturated heterocycles. The van der Waals surface area contributed by atoms with Gasteiger partial charge < -0.3 is 0 Å². The van der Waals surface area contributed by atoms with Crippen molar-refractivity contribution in [2.45, 2.75) is 39.0 Å². The summed E-state index contributed by atoms with van der Waals surface area (Å²) in [5.74, 6) is 0.580. The minimum Gasteiger partial charge on any atom is -0.281 e. The van der Waals surface area contributed by atoms with E-state index in [9.17, 15) is 0 Å². The molecule has 0 saturated carbocycles. The summed E-state index contributed by atoms with van der Waals surface area (Å²) in [6.45, 7) is 4.50. The number of fused-ring (bicyclic) bond motifs is 3. The van der Waals surface area contributed by atoms with Crippen LogP contribution in [-0.2, 0) is 12.8 Å². The maximum absolute atomic E-state index is 4.54. The fourth-order valence-corrected chi connectivity index (χ4v) is 2.70. The smallest absolute Gasteiger partial charge is 0.0958 e. The molecule has 1 aromatic heterocycles. The van der Waals surface area contributed by atoms with E-state index in [1.54, 1.807) is 0 Å². The highest BCUT2D eigenvalue weighted by molar-refractivity contribution is 5.70. The summed E-state index contributed by atoms with van der Waals surface area (Å²) in [5, 5.41) is 7.80. The average Bonchev–Trinajstić information content (AvgIpc) is 2.82. The van der Waals surface area contributed by atoms with Crippen molar-refractivity contribution in [2.75, 3.05) is 0 Å². The van der Waals surface area contributed by atoms with E-state index in [-0.39, 0.29) is 0 Å². The highest BCUT2D eigenvalue weighted by Crippen LogP contribution is 2.35. The zero-order valence-corrected chi connectivity index (χ0v) is 10.5. The Morgan fingerprint density at radius 2 is 2.12 bits per heavy atom. The second-order valence-corrected chi connectivity index (χ2v) is 4.93. The van der Waals surface area contributed by atoms with Crippen molar-refractivity contribution in [1.29, 1.82) is 0 Å². The first-order valence-corrected chi connectivity index (χ1v) is 6.46. The molecule has 0 amide bonds. The Balaban J connectivity index is 2.13. The first-order valence-electron chi connectivity index (χ1n) is 6.46. The normalized spacial score (nSPS) is 15.2. The number of aromatic nitrogens is 2. The summed E-state index contributed by atoms with van der Waals surface area (Å²) in [4.78, 5) is 0. The molecule has 17 heavy (non-hydrogen) atoms.